The van der Waals surface area contributed by atoms with Crippen molar-refractivity contribution in [2.45, 2.75) is 39.2 Å². The summed E-state index contributed by atoms with van der Waals surface area (Å²) >= 11 is 0. The van der Waals surface area contributed by atoms with Crippen molar-refractivity contribution in [3.63, 3.8) is 0 Å². The van der Waals surface area contributed by atoms with Crippen LogP contribution in [0.15, 0.2) is 30.3 Å². The number of hydrogen-bond acceptors (Lipinski definition) is 7. The molecule has 0 saturated carbocycles. The lowest BCUT2D eigenvalue weighted by Gasteiger charge is -2.41. The molecular weight excluding hydrogens is 484 g/mol. The van der Waals surface area contributed by atoms with Crippen LogP contribution in [0.4, 0.5) is 0 Å². The second kappa shape index (κ2) is 14.9. The van der Waals surface area contributed by atoms with Crippen LogP contribution < -0.4 is 5.32 Å². The molecule has 2 heterocycles. The second-order valence-electron chi connectivity index (χ2n) is 10.4. The van der Waals surface area contributed by atoms with Crippen LogP contribution in [0.2, 0.25) is 0 Å². The van der Waals surface area contributed by atoms with Crippen molar-refractivity contribution in [2.75, 3.05) is 66.2 Å². The Morgan fingerprint density at radius 2 is 1.84 bits per heavy atom. The molecule has 0 aromatic heterocycles. The van der Waals surface area contributed by atoms with E-state index in [1.54, 1.807) is 12.0 Å². The van der Waals surface area contributed by atoms with Gasteiger partial charge in [0.15, 0.2) is 5.84 Å². The van der Waals surface area contributed by atoms with E-state index >= 15 is 0 Å². The van der Waals surface area contributed by atoms with E-state index in [9.17, 15) is 9.59 Å². The highest BCUT2D eigenvalue weighted by molar-refractivity contribution is 6.39. The SMILES string of the molecule is COCCCCN(C(=N)C(=O)N(CC(C)C)[C@@H]1CNC[C@H](C(=O)N2CCOCC2)C1)C(=N)c1ccccc1. The van der Waals surface area contributed by atoms with Gasteiger partial charge in [-0.05, 0) is 25.2 Å². The molecule has 2 atom stereocenters. The molecule has 2 saturated heterocycles. The van der Waals surface area contributed by atoms with E-state index in [2.05, 4.69) is 5.32 Å². The van der Waals surface area contributed by atoms with Gasteiger partial charge in [-0.25, -0.2) is 0 Å². The average Bonchev–Trinajstić information content (AvgIpc) is 2.95. The summed E-state index contributed by atoms with van der Waals surface area (Å²) in [6, 6.07) is 9.01. The topological polar surface area (TPSA) is 122 Å². The highest BCUT2D eigenvalue weighted by Crippen LogP contribution is 2.21. The Morgan fingerprint density at radius 3 is 2.50 bits per heavy atom. The Kier molecular flexibility index (Phi) is 11.7. The maximum Gasteiger partial charge on any atom is 0.289 e. The van der Waals surface area contributed by atoms with Gasteiger partial charge in [0.05, 0.1) is 19.1 Å². The Labute approximate surface area is 226 Å². The third-order valence-corrected chi connectivity index (χ3v) is 7.03. The molecule has 0 radical (unpaired) electrons. The summed E-state index contributed by atoms with van der Waals surface area (Å²) in [5.41, 5.74) is 0.655. The number of unbranched alkanes of at least 4 members (excludes halogenated alkanes) is 1. The van der Waals surface area contributed by atoms with Crippen molar-refractivity contribution in [2.24, 2.45) is 11.8 Å². The first-order valence-corrected chi connectivity index (χ1v) is 13.7. The summed E-state index contributed by atoms with van der Waals surface area (Å²) in [6.07, 6.45) is 2.01. The summed E-state index contributed by atoms with van der Waals surface area (Å²) in [4.78, 5) is 32.2. The summed E-state index contributed by atoms with van der Waals surface area (Å²) in [6.45, 7) is 8.98. The van der Waals surface area contributed by atoms with Gasteiger partial charge in [0.25, 0.3) is 5.91 Å². The molecule has 2 aliphatic heterocycles. The zero-order chi connectivity index (χ0) is 27.5. The first-order valence-electron chi connectivity index (χ1n) is 13.7. The number of carbonyl (C=O) groups excluding carboxylic acids is 2. The molecular formula is C28H44N6O4. The van der Waals surface area contributed by atoms with Crippen molar-refractivity contribution in [3.8, 4) is 0 Å². The van der Waals surface area contributed by atoms with Gasteiger partial charge in [-0.1, -0.05) is 44.2 Å². The number of methoxy groups -OCH3 is 1. The standard InChI is InChI=1S/C28H44N6O4/c1-21(2)20-34(24-17-23(18-31-19-24)27(35)32-12-15-38-16-13-32)28(36)26(30)33(11-7-8-14-37-3)25(29)22-9-5-4-6-10-22/h4-6,9-10,21,23-24,29-31H,7-8,11-20H2,1-3H3/t23-,24+/m1/s1. The quantitative estimate of drug-likeness (QED) is 0.243. The van der Waals surface area contributed by atoms with Gasteiger partial charge in [-0.15, -0.1) is 0 Å². The lowest BCUT2D eigenvalue weighted by Crippen LogP contribution is -2.58. The number of amidine groups is 2. The van der Waals surface area contributed by atoms with Crippen LogP contribution in [0.25, 0.3) is 0 Å². The normalized spacial score (nSPS) is 19.7. The minimum atomic E-state index is -0.405. The first-order chi connectivity index (χ1) is 18.3. The van der Waals surface area contributed by atoms with E-state index in [1.807, 2.05) is 49.1 Å². The highest BCUT2D eigenvalue weighted by Gasteiger charge is 2.37. The molecule has 2 aliphatic rings. The lowest BCUT2D eigenvalue weighted by atomic mass is 9.92. The lowest BCUT2D eigenvalue weighted by molar-refractivity contribution is -0.142. The first kappa shape index (κ1) is 29.7. The molecule has 210 valence electrons. The molecule has 10 heteroatoms. The van der Waals surface area contributed by atoms with Gasteiger partial charge in [0.2, 0.25) is 5.91 Å². The Hall–Kier alpha value is -2.82. The minimum Gasteiger partial charge on any atom is -0.385 e. The number of amides is 2. The fraction of sp³-hybridized carbons (Fsp3) is 0.643. The number of carbonyl (C=O) groups is 2. The van der Waals surface area contributed by atoms with Crippen molar-refractivity contribution in [1.82, 2.24) is 20.0 Å². The number of piperidine rings is 1. The Morgan fingerprint density at radius 1 is 1.13 bits per heavy atom. The van der Waals surface area contributed by atoms with Gasteiger partial charge < -0.3 is 29.5 Å². The number of rotatable bonds is 10. The van der Waals surface area contributed by atoms with Crippen molar-refractivity contribution < 1.29 is 19.1 Å². The van der Waals surface area contributed by atoms with Crippen LogP contribution >= 0.6 is 0 Å². The molecule has 0 aliphatic carbocycles. The third kappa shape index (κ3) is 8.09. The fourth-order valence-corrected chi connectivity index (χ4v) is 5.03. The highest BCUT2D eigenvalue weighted by atomic mass is 16.5. The van der Waals surface area contributed by atoms with E-state index in [4.69, 9.17) is 20.3 Å². The summed E-state index contributed by atoms with van der Waals surface area (Å²) in [5.74, 6) is -0.422. The molecule has 1 aromatic rings. The van der Waals surface area contributed by atoms with Crippen LogP contribution in [0.3, 0.4) is 0 Å². The van der Waals surface area contributed by atoms with E-state index in [0.29, 0.717) is 77.5 Å². The molecule has 10 nitrogen and oxygen atoms in total. The number of morpholine rings is 1. The Bertz CT molecular complexity index is 935. The molecule has 3 rings (SSSR count). The maximum atomic E-state index is 13.9. The van der Waals surface area contributed by atoms with Crippen LogP contribution in [0, 0.1) is 22.7 Å². The molecule has 38 heavy (non-hydrogen) atoms. The number of ether oxygens (including phenoxy) is 2. The number of benzene rings is 1. The molecule has 0 spiro atoms. The van der Waals surface area contributed by atoms with Crippen molar-refractivity contribution in [3.05, 3.63) is 35.9 Å². The summed E-state index contributed by atoms with van der Waals surface area (Å²) in [5, 5.41) is 21.1. The maximum absolute atomic E-state index is 13.9. The van der Waals surface area contributed by atoms with Crippen LogP contribution in [0.5, 0.6) is 0 Å². The van der Waals surface area contributed by atoms with Crippen LogP contribution in [-0.4, -0.2) is 110 Å². The average molecular weight is 529 g/mol. The number of nitrogens with zero attached hydrogens (tertiary/aromatic N) is 3. The second-order valence-corrected chi connectivity index (χ2v) is 10.4. The predicted molar refractivity (Wildman–Crippen MR) is 148 cm³/mol. The zero-order valence-electron chi connectivity index (χ0n) is 23.1. The van der Waals surface area contributed by atoms with Crippen LogP contribution in [-0.2, 0) is 19.1 Å². The van der Waals surface area contributed by atoms with E-state index < -0.39 is 5.91 Å². The number of nitrogens with one attached hydrogen (secondary N) is 3. The van der Waals surface area contributed by atoms with E-state index in [-0.39, 0.29) is 35.5 Å². The molecule has 0 bridgehead atoms. The van der Waals surface area contributed by atoms with Crippen LogP contribution in [0.1, 0.15) is 38.7 Å². The minimum absolute atomic E-state index is 0.100. The van der Waals surface area contributed by atoms with Gasteiger partial charge >= 0.3 is 0 Å². The van der Waals surface area contributed by atoms with E-state index in [1.165, 1.54) is 4.90 Å². The zero-order valence-corrected chi connectivity index (χ0v) is 23.1. The molecule has 1 aromatic carbocycles. The van der Waals surface area contributed by atoms with E-state index in [0.717, 1.165) is 6.42 Å². The van der Waals surface area contributed by atoms with Gasteiger partial charge in [0, 0.05) is 64.6 Å². The largest absolute Gasteiger partial charge is 0.385 e. The summed E-state index contributed by atoms with van der Waals surface area (Å²) < 4.78 is 10.6. The fourth-order valence-electron chi connectivity index (χ4n) is 5.03. The van der Waals surface area contributed by atoms with Gasteiger partial charge in [-0.3, -0.25) is 20.4 Å². The smallest absolute Gasteiger partial charge is 0.289 e. The monoisotopic (exact) mass is 528 g/mol. The molecule has 2 fully saturated rings. The molecule has 3 N–H and O–H groups in total. The molecule has 0 unspecified atom stereocenters. The Balaban J connectivity index is 1.78. The molecule has 2 amide bonds. The summed E-state index contributed by atoms with van der Waals surface area (Å²) in [7, 11) is 1.65. The van der Waals surface area contributed by atoms with Gasteiger partial charge in [-0.2, -0.15) is 0 Å². The predicted octanol–water partition coefficient (Wildman–Crippen LogP) is 2.04. The number of hydrogen-bond donors (Lipinski definition) is 3. The van der Waals surface area contributed by atoms with Crippen molar-refractivity contribution in [1.29, 1.82) is 10.8 Å². The van der Waals surface area contributed by atoms with Crippen molar-refractivity contribution >= 4 is 23.5 Å². The van der Waals surface area contributed by atoms with Gasteiger partial charge in [0.1, 0.15) is 5.84 Å². The third-order valence-electron chi connectivity index (χ3n) is 7.03.